The molecule has 0 spiro atoms. The van der Waals surface area contributed by atoms with Gasteiger partial charge in [0.05, 0.1) is 0 Å². The largest absolute Gasteiger partial charge is 0.409 e. The van der Waals surface area contributed by atoms with Gasteiger partial charge in [-0.25, -0.2) is 13.8 Å². The fraction of sp³-hybridized carbons (Fsp3) is 0.233. The van der Waals surface area contributed by atoms with Crippen LogP contribution in [0.2, 0.25) is 6.32 Å². The molecule has 0 fully saturated rings. The van der Waals surface area contributed by atoms with Crippen molar-refractivity contribution < 1.29 is 22.0 Å². The van der Waals surface area contributed by atoms with Crippen molar-refractivity contribution in [3.63, 3.8) is 0 Å². The summed E-state index contributed by atoms with van der Waals surface area (Å²) >= 11 is 3.55. The van der Waals surface area contributed by atoms with E-state index in [0.717, 1.165) is 33.7 Å². The number of hydrogen-bond acceptors (Lipinski definition) is 1. The maximum atomic E-state index is 13.1. The van der Waals surface area contributed by atoms with E-state index >= 15 is 0 Å². The summed E-state index contributed by atoms with van der Waals surface area (Å²) in [5.74, 6) is 0.753. The lowest BCUT2D eigenvalue weighted by molar-refractivity contribution is -0.0800. The van der Waals surface area contributed by atoms with Gasteiger partial charge in [-0.1, -0.05) is 95.6 Å². The maximum absolute atomic E-state index is 13.1. The Bertz CT molecular complexity index is 1290. The quantitative estimate of drug-likeness (QED) is 0.124. The Hall–Kier alpha value is -3.20. The average molecular weight is 603 g/mol. The zero-order chi connectivity index (χ0) is 28.4. The summed E-state index contributed by atoms with van der Waals surface area (Å²) in [6, 6.07) is 19.8. The number of alkyl halides is 3. The molecule has 0 saturated carbocycles. The maximum Gasteiger partial charge on any atom is 0.409 e. The van der Waals surface area contributed by atoms with Crippen molar-refractivity contribution in [3.05, 3.63) is 124 Å². The molecule has 0 aliphatic carbocycles. The lowest BCUT2D eigenvalue weighted by Crippen LogP contribution is -2.41. The van der Waals surface area contributed by atoms with E-state index in [4.69, 9.17) is 0 Å². The first-order chi connectivity index (χ1) is 18.5. The Kier molecular flexibility index (Phi) is 11.1. The van der Waals surface area contributed by atoms with Crippen LogP contribution in [0.15, 0.2) is 95.6 Å². The Morgan fingerprint density at radius 3 is 1.95 bits per heavy atom. The van der Waals surface area contributed by atoms with Gasteiger partial charge in [-0.15, -0.1) is 0 Å². The number of H-pyrrole nitrogens is 1. The van der Waals surface area contributed by atoms with Crippen LogP contribution in [0.5, 0.6) is 0 Å². The van der Waals surface area contributed by atoms with Gasteiger partial charge >= 0.3 is 6.18 Å². The summed E-state index contributed by atoms with van der Waals surface area (Å²) in [6.07, 6.45) is 0.328. The van der Waals surface area contributed by atoms with E-state index in [1.54, 1.807) is 24.3 Å². The predicted molar refractivity (Wildman–Crippen MR) is 152 cm³/mol. The number of nitrogens with one attached hydrogen (secondary N) is 1. The second-order valence-corrected chi connectivity index (χ2v) is 10.2. The smallest absolute Gasteiger partial charge is 0.345 e. The van der Waals surface area contributed by atoms with E-state index in [-0.39, 0.29) is 30.8 Å². The highest BCUT2D eigenvalue weighted by molar-refractivity contribution is 9.10. The van der Waals surface area contributed by atoms with Crippen LogP contribution in [0, 0.1) is 11.6 Å². The SMILES string of the molecule is CC(C)c1cnc(Cc2ccccc2Br)[nH]1.Fc1ccc(B(CCC=CC(F)(F)F)c2ccc(F)cc2)cc1. The Morgan fingerprint density at radius 2 is 1.46 bits per heavy atom. The molecule has 0 saturated heterocycles. The highest BCUT2D eigenvalue weighted by Gasteiger charge is 2.22. The second-order valence-electron chi connectivity index (χ2n) is 9.39. The predicted octanol–water partition coefficient (Wildman–Crippen LogP) is 7.97. The van der Waals surface area contributed by atoms with Gasteiger partial charge in [-0.3, -0.25) is 0 Å². The molecule has 1 aromatic heterocycles. The molecule has 1 N–H and O–H groups in total. The average Bonchev–Trinajstić information content (AvgIpc) is 3.36. The molecule has 2 nitrogen and oxygen atoms in total. The van der Waals surface area contributed by atoms with Crippen molar-refractivity contribution in [2.45, 2.75) is 45.1 Å². The molecule has 3 aromatic carbocycles. The number of hydrogen-bond donors (Lipinski definition) is 1. The number of allylic oxidation sites excluding steroid dienone is 2. The van der Waals surface area contributed by atoms with Gasteiger partial charge in [0, 0.05) is 28.9 Å². The molecular formula is C30H29BBrF5N2. The molecule has 0 radical (unpaired) electrons. The summed E-state index contributed by atoms with van der Waals surface area (Å²) in [6.45, 7) is 4.10. The van der Waals surface area contributed by atoms with Crippen LogP contribution in [0.25, 0.3) is 0 Å². The van der Waals surface area contributed by atoms with Crippen LogP contribution in [-0.4, -0.2) is 22.9 Å². The molecule has 0 aliphatic heterocycles. The van der Waals surface area contributed by atoms with E-state index in [1.807, 2.05) is 18.3 Å². The third-order valence-corrected chi connectivity index (χ3v) is 6.83. The molecule has 0 amide bonds. The molecule has 0 atom stereocenters. The molecule has 0 bridgehead atoms. The molecular weight excluding hydrogens is 574 g/mol. The molecule has 0 aliphatic rings. The van der Waals surface area contributed by atoms with Crippen LogP contribution in [0.3, 0.4) is 0 Å². The van der Waals surface area contributed by atoms with Crippen LogP contribution in [0.4, 0.5) is 22.0 Å². The van der Waals surface area contributed by atoms with Gasteiger partial charge in [0.25, 0.3) is 0 Å². The van der Waals surface area contributed by atoms with E-state index in [9.17, 15) is 22.0 Å². The monoisotopic (exact) mass is 602 g/mol. The van der Waals surface area contributed by atoms with Crippen LogP contribution < -0.4 is 10.9 Å². The van der Waals surface area contributed by atoms with Crippen molar-refractivity contribution in [3.8, 4) is 0 Å². The number of aromatic amines is 1. The van der Waals surface area contributed by atoms with Crippen molar-refractivity contribution in [1.82, 2.24) is 9.97 Å². The van der Waals surface area contributed by atoms with Gasteiger partial charge in [0.1, 0.15) is 17.5 Å². The summed E-state index contributed by atoms with van der Waals surface area (Å²) < 4.78 is 63.7. The minimum absolute atomic E-state index is 0.207. The normalized spacial score (nSPS) is 11.5. The second kappa shape index (κ2) is 14.3. The number of aromatic nitrogens is 2. The van der Waals surface area contributed by atoms with Crippen molar-refractivity contribution in [1.29, 1.82) is 0 Å². The minimum atomic E-state index is -4.33. The van der Waals surface area contributed by atoms with Gasteiger partial charge in [-0.2, -0.15) is 13.2 Å². The first kappa shape index (κ1) is 30.3. The Balaban J connectivity index is 0.000000230. The highest BCUT2D eigenvalue weighted by Crippen LogP contribution is 2.20. The molecule has 204 valence electrons. The van der Waals surface area contributed by atoms with Crippen LogP contribution in [-0.2, 0) is 6.42 Å². The molecule has 4 rings (SSSR count). The lowest BCUT2D eigenvalue weighted by atomic mass is 9.38. The highest BCUT2D eigenvalue weighted by atomic mass is 79.9. The fourth-order valence-electron chi connectivity index (χ4n) is 3.98. The van der Waals surface area contributed by atoms with Gasteiger partial charge in [-0.05, 0) is 48.2 Å². The fourth-order valence-corrected chi connectivity index (χ4v) is 4.40. The Morgan fingerprint density at radius 1 is 0.897 bits per heavy atom. The number of benzene rings is 3. The molecule has 39 heavy (non-hydrogen) atoms. The topological polar surface area (TPSA) is 28.7 Å². The molecule has 1 heterocycles. The number of imidazole rings is 1. The van der Waals surface area contributed by atoms with Gasteiger partial charge in [0.15, 0.2) is 0 Å². The molecule has 9 heteroatoms. The zero-order valence-electron chi connectivity index (χ0n) is 21.7. The van der Waals surface area contributed by atoms with E-state index in [1.165, 1.54) is 35.5 Å². The third-order valence-electron chi connectivity index (χ3n) is 6.06. The van der Waals surface area contributed by atoms with Gasteiger partial charge in [0.2, 0.25) is 6.71 Å². The number of halogens is 6. The van der Waals surface area contributed by atoms with E-state index in [2.05, 4.69) is 51.9 Å². The molecule has 4 aromatic rings. The zero-order valence-corrected chi connectivity index (χ0v) is 23.2. The van der Waals surface area contributed by atoms with Gasteiger partial charge < -0.3 is 4.98 Å². The van der Waals surface area contributed by atoms with Crippen molar-refractivity contribution in [2.75, 3.05) is 0 Å². The summed E-state index contributed by atoms with van der Waals surface area (Å²) in [5.41, 5.74) is 4.01. The summed E-state index contributed by atoms with van der Waals surface area (Å²) in [4.78, 5) is 7.75. The lowest BCUT2D eigenvalue weighted by Gasteiger charge is -2.14. The standard InChI is InChI=1S/C17H14BF5.C13H15BrN2/c19-15-7-3-13(4-8-15)18(12-2-1-11-17(21,22)23)14-5-9-16(20)10-6-14;1-9(2)12-8-15-13(16-12)7-10-5-3-4-6-11(10)14/h1,3-11H,2,12H2;3-6,8-9H,7H2,1-2H3,(H,15,16). The van der Waals surface area contributed by atoms with Crippen molar-refractivity contribution in [2.24, 2.45) is 0 Å². The van der Waals surface area contributed by atoms with E-state index in [0.29, 0.717) is 12.2 Å². The number of rotatable bonds is 8. The summed E-state index contributed by atoms with van der Waals surface area (Å²) in [7, 11) is 0. The van der Waals surface area contributed by atoms with Crippen LogP contribution >= 0.6 is 15.9 Å². The first-order valence-corrected chi connectivity index (χ1v) is 13.3. The number of nitrogens with zero attached hydrogens (tertiary/aromatic N) is 1. The molecule has 0 unspecified atom stereocenters. The third kappa shape index (κ3) is 10.1. The van der Waals surface area contributed by atoms with Crippen molar-refractivity contribution >= 4 is 33.6 Å². The first-order valence-electron chi connectivity index (χ1n) is 12.5. The minimum Gasteiger partial charge on any atom is -0.345 e. The van der Waals surface area contributed by atoms with E-state index < -0.39 is 6.18 Å². The van der Waals surface area contributed by atoms with Crippen LogP contribution in [0.1, 0.15) is 43.3 Å². The Labute approximate surface area is 234 Å². The summed E-state index contributed by atoms with van der Waals surface area (Å²) in [5, 5.41) is 0.